The number of anilines is 1. The van der Waals surface area contributed by atoms with Crippen molar-refractivity contribution in [1.29, 1.82) is 0 Å². The number of aromatic nitrogens is 1. The Balaban J connectivity index is 1.99. The molecule has 6 heteroatoms. The monoisotopic (exact) mass is 290 g/mol. The second kappa shape index (κ2) is 4.68. The summed E-state index contributed by atoms with van der Waals surface area (Å²) in [6.45, 7) is 0. The second-order valence-corrected chi connectivity index (χ2v) is 5.35. The molecule has 2 aromatic rings. The van der Waals surface area contributed by atoms with E-state index in [1.54, 1.807) is 12.3 Å². The third-order valence-corrected chi connectivity index (χ3v) is 4.06. The predicted octanol–water partition coefficient (Wildman–Crippen LogP) is 3.02. The first-order valence-corrected chi connectivity index (χ1v) is 6.63. The van der Waals surface area contributed by atoms with Gasteiger partial charge in [0.1, 0.15) is 5.03 Å². The first kappa shape index (κ1) is 12.2. The first-order chi connectivity index (χ1) is 9.15. The van der Waals surface area contributed by atoms with Crippen LogP contribution in [0.2, 0.25) is 5.02 Å². The summed E-state index contributed by atoms with van der Waals surface area (Å²) < 4.78 is 0. The van der Waals surface area contributed by atoms with Crippen LogP contribution < -0.4 is 5.32 Å². The number of nitrogens with one attached hydrogen (secondary N) is 1. The minimum Gasteiger partial charge on any atom is -0.318 e. The smallest absolute Gasteiger partial charge is 0.296 e. The number of fused-ring (bicyclic) bond motifs is 1. The molecule has 3 rings (SSSR count). The molecule has 0 fully saturated rings. The quantitative estimate of drug-likeness (QED) is 0.864. The normalized spacial score (nSPS) is 13.3. The highest BCUT2D eigenvalue weighted by Gasteiger charge is 2.29. The molecule has 1 amide bonds. The molecule has 19 heavy (non-hydrogen) atoms. The van der Waals surface area contributed by atoms with E-state index in [2.05, 4.69) is 10.3 Å². The minimum atomic E-state index is -0.619. The van der Waals surface area contributed by atoms with Gasteiger partial charge in [-0.3, -0.25) is 9.59 Å². The largest absolute Gasteiger partial charge is 0.318 e. The van der Waals surface area contributed by atoms with Gasteiger partial charge in [-0.2, -0.15) is 0 Å². The van der Waals surface area contributed by atoms with Crippen molar-refractivity contribution >= 4 is 40.7 Å². The number of carbonyl (C=O) groups is 2. The van der Waals surface area contributed by atoms with Crippen molar-refractivity contribution in [2.75, 3.05) is 5.32 Å². The van der Waals surface area contributed by atoms with E-state index < -0.39 is 11.7 Å². The maximum absolute atomic E-state index is 11.5. The van der Waals surface area contributed by atoms with Crippen molar-refractivity contribution in [2.24, 2.45) is 0 Å². The van der Waals surface area contributed by atoms with Gasteiger partial charge in [0, 0.05) is 11.1 Å². The SMILES string of the molecule is O=C1Nc2cc(Sc3ccccn3)c(Cl)cc2C1=O. The van der Waals surface area contributed by atoms with E-state index in [9.17, 15) is 9.59 Å². The van der Waals surface area contributed by atoms with E-state index in [0.717, 1.165) is 9.92 Å². The van der Waals surface area contributed by atoms with E-state index in [-0.39, 0.29) is 0 Å². The van der Waals surface area contributed by atoms with Crippen LogP contribution >= 0.6 is 23.4 Å². The summed E-state index contributed by atoms with van der Waals surface area (Å²) in [4.78, 5) is 27.8. The third-order valence-electron chi connectivity index (χ3n) is 2.62. The van der Waals surface area contributed by atoms with Crippen LogP contribution in [0.1, 0.15) is 10.4 Å². The fourth-order valence-corrected chi connectivity index (χ4v) is 2.84. The molecule has 0 spiro atoms. The van der Waals surface area contributed by atoms with Crippen LogP contribution in [0.3, 0.4) is 0 Å². The van der Waals surface area contributed by atoms with Crippen molar-refractivity contribution in [2.45, 2.75) is 9.92 Å². The van der Waals surface area contributed by atoms with E-state index in [0.29, 0.717) is 16.3 Å². The van der Waals surface area contributed by atoms with Gasteiger partial charge in [-0.15, -0.1) is 0 Å². The lowest BCUT2D eigenvalue weighted by atomic mass is 10.1. The molecule has 0 aliphatic carbocycles. The molecule has 0 bridgehead atoms. The molecular weight excluding hydrogens is 284 g/mol. The topological polar surface area (TPSA) is 59.1 Å². The van der Waals surface area contributed by atoms with Crippen LogP contribution in [0.4, 0.5) is 5.69 Å². The Labute approximate surface area is 118 Å². The Morgan fingerprint density at radius 3 is 2.79 bits per heavy atom. The zero-order valence-corrected chi connectivity index (χ0v) is 11.1. The van der Waals surface area contributed by atoms with Gasteiger partial charge in [-0.1, -0.05) is 29.4 Å². The zero-order chi connectivity index (χ0) is 13.4. The number of hydrogen-bond donors (Lipinski definition) is 1. The highest BCUT2D eigenvalue weighted by atomic mass is 35.5. The number of nitrogens with zero attached hydrogens (tertiary/aromatic N) is 1. The van der Waals surface area contributed by atoms with Crippen LogP contribution in [-0.2, 0) is 4.79 Å². The lowest BCUT2D eigenvalue weighted by Crippen LogP contribution is -2.12. The van der Waals surface area contributed by atoms with Crippen molar-refractivity contribution in [3.8, 4) is 0 Å². The number of benzene rings is 1. The maximum Gasteiger partial charge on any atom is 0.296 e. The van der Waals surface area contributed by atoms with Crippen LogP contribution in [0, 0.1) is 0 Å². The lowest BCUT2D eigenvalue weighted by Gasteiger charge is -2.06. The van der Waals surface area contributed by atoms with Crippen molar-refractivity contribution in [3.05, 3.63) is 47.1 Å². The number of pyridine rings is 1. The number of carbonyl (C=O) groups excluding carboxylic acids is 2. The third kappa shape index (κ3) is 2.22. The van der Waals surface area contributed by atoms with Gasteiger partial charge < -0.3 is 5.32 Å². The van der Waals surface area contributed by atoms with E-state index in [1.165, 1.54) is 17.8 Å². The van der Waals surface area contributed by atoms with Gasteiger partial charge in [0.15, 0.2) is 0 Å². The molecule has 1 N–H and O–H groups in total. The fourth-order valence-electron chi connectivity index (χ4n) is 1.74. The average Bonchev–Trinajstić information content (AvgIpc) is 2.67. The Kier molecular flexibility index (Phi) is 3.00. The molecule has 4 nitrogen and oxygen atoms in total. The molecule has 0 atom stereocenters. The number of rotatable bonds is 2. The summed E-state index contributed by atoms with van der Waals surface area (Å²) in [5, 5.41) is 3.74. The molecule has 0 saturated carbocycles. The van der Waals surface area contributed by atoms with Gasteiger partial charge in [-0.05, 0) is 24.3 Å². The van der Waals surface area contributed by atoms with Crippen molar-refractivity contribution in [1.82, 2.24) is 4.98 Å². The van der Waals surface area contributed by atoms with Crippen molar-refractivity contribution in [3.63, 3.8) is 0 Å². The first-order valence-electron chi connectivity index (χ1n) is 5.43. The molecule has 2 heterocycles. The number of Topliss-reactive ketones (excluding diaryl/α,β-unsaturated/α-hetero) is 1. The highest BCUT2D eigenvalue weighted by molar-refractivity contribution is 7.99. The minimum absolute atomic E-state index is 0.320. The molecule has 1 aromatic carbocycles. The van der Waals surface area contributed by atoms with Crippen LogP contribution in [-0.4, -0.2) is 16.7 Å². The standard InChI is InChI=1S/C13H7ClN2O2S/c14-8-5-7-9(16-13(18)12(7)17)6-10(8)19-11-3-1-2-4-15-11/h1-6H,(H,16,17,18). The van der Waals surface area contributed by atoms with Gasteiger partial charge in [0.05, 0.1) is 16.3 Å². The summed E-state index contributed by atoms with van der Waals surface area (Å²) in [5.41, 5.74) is 0.818. The summed E-state index contributed by atoms with van der Waals surface area (Å²) in [6, 6.07) is 8.77. The van der Waals surface area contributed by atoms with Crippen LogP contribution in [0.5, 0.6) is 0 Å². The molecule has 1 aliphatic heterocycles. The fraction of sp³-hybridized carbons (Fsp3) is 0. The summed E-state index contributed by atoms with van der Waals surface area (Å²) in [6.07, 6.45) is 1.69. The van der Waals surface area contributed by atoms with Gasteiger partial charge in [-0.25, -0.2) is 4.98 Å². The number of hydrogen-bond acceptors (Lipinski definition) is 4. The molecule has 1 aromatic heterocycles. The van der Waals surface area contributed by atoms with E-state index >= 15 is 0 Å². The molecule has 0 unspecified atom stereocenters. The molecule has 1 aliphatic rings. The lowest BCUT2D eigenvalue weighted by molar-refractivity contribution is -0.112. The van der Waals surface area contributed by atoms with Gasteiger partial charge in [0.25, 0.3) is 11.7 Å². The van der Waals surface area contributed by atoms with Gasteiger partial charge in [0.2, 0.25) is 0 Å². The maximum atomic E-state index is 11.5. The highest BCUT2D eigenvalue weighted by Crippen LogP contribution is 2.37. The number of halogens is 1. The number of ketones is 1. The van der Waals surface area contributed by atoms with Crippen LogP contribution in [0.15, 0.2) is 46.5 Å². The Morgan fingerprint density at radius 1 is 1.21 bits per heavy atom. The second-order valence-electron chi connectivity index (χ2n) is 3.88. The number of amides is 1. The Hall–Kier alpha value is -1.85. The zero-order valence-electron chi connectivity index (χ0n) is 9.51. The van der Waals surface area contributed by atoms with Crippen LogP contribution in [0.25, 0.3) is 0 Å². The average molecular weight is 291 g/mol. The van der Waals surface area contributed by atoms with E-state index in [4.69, 9.17) is 11.6 Å². The molecule has 0 saturated heterocycles. The predicted molar refractivity (Wildman–Crippen MR) is 72.8 cm³/mol. The van der Waals surface area contributed by atoms with Gasteiger partial charge >= 0.3 is 0 Å². The Morgan fingerprint density at radius 2 is 2.05 bits per heavy atom. The summed E-state index contributed by atoms with van der Waals surface area (Å²) in [5.74, 6) is -1.17. The Bertz CT molecular complexity index is 689. The van der Waals surface area contributed by atoms with Crippen molar-refractivity contribution < 1.29 is 9.59 Å². The molecule has 0 radical (unpaired) electrons. The molecular formula is C13H7ClN2O2S. The summed E-state index contributed by atoms with van der Waals surface area (Å²) >= 11 is 7.51. The molecule has 94 valence electrons. The van der Waals surface area contributed by atoms with E-state index in [1.807, 2.05) is 18.2 Å². The summed E-state index contributed by atoms with van der Waals surface area (Å²) in [7, 11) is 0.